The number of amides is 1. The highest BCUT2D eigenvalue weighted by Crippen LogP contribution is 2.13. The van der Waals surface area contributed by atoms with E-state index in [1.54, 1.807) is 7.05 Å². The third-order valence-corrected chi connectivity index (χ3v) is 5.12. The van der Waals surface area contributed by atoms with Crippen LogP contribution in [0.3, 0.4) is 0 Å². The highest BCUT2D eigenvalue weighted by atomic mass is 127. The van der Waals surface area contributed by atoms with Gasteiger partial charge in [-0.3, -0.25) is 14.7 Å². The number of hydrogen-bond acceptors (Lipinski definition) is 3. The van der Waals surface area contributed by atoms with Crippen LogP contribution in [0.4, 0.5) is 0 Å². The standard InChI is InChI=1S/C19H30BrN5O.HI/c1-21-18(26)14-25-11-8-17(9-12-25)24-19(22-2)23-10-4-6-15-5-3-7-16(20)13-15;/h3,5,7,13,17H,4,6,8-12,14H2,1-2H3,(H,21,26)(H2,22,23,24);1H. The Morgan fingerprint density at radius 1 is 1.33 bits per heavy atom. The molecule has 2 rings (SSSR count). The zero-order valence-corrected chi connectivity index (χ0v) is 20.0. The summed E-state index contributed by atoms with van der Waals surface area (Å²) in [5, 5.41) is 9.59. The third kappa shape index (κ3) is 9.25. The normalized spacial score (nSPS) is 15.7. The SMILES string of the molecule is CN=C(NCCCc1cccc(Br)c1)NC1CCN(CC(=O)NC)CC1.I. The maximum atomic E-state index is 11.5. The van der Waals surface area contributed by atoms with Gasteiger partial charge < -0.3 is 16.0 Å². The van der Waals surface area contributed by atoms with Gasteiger partial charge in [-0.05, 0) is 43.4 Å². The molecule has 0 saturated carbocycles. The molecule has 1 aliphatic rings. The Morgan fingerprint density at radius 2 is 2.07 bits per heavy atom. The first kappa shape index (κ1) is 24.2. The molecule has 8 heteroatoms. The van der Waals surface area contributed by atoms with E-state index in [4.69, 9.17) is 0 Å². The number of likely N-dealkylation sites (N-methyl/N-ethyl adjacent to an activating group) is 1. The number of nitrogens with zero attached hydrogens (tertiary/aromatic N) is 2. The summed E-state index contributed by atoms with van der Waals surface area (Å²) in [5.41, 5.74) is 1.34. The Hall–Kier alpha value is -0.870. The first-order valence-electron chi connectivity index (χ1n) is 9.25. The lowest BCUT2D eigenvalue weighted by molar-refractivity contribution is -0.122. The van der Waals surface area contributed by atoms with Gasteiger partial charge in [0.2, 0.25) is 5.91 Å². The van der Waals surface area contributed by atoms with Crippen molar-refractivity contribution in [3.8, 4) is 0 Å². The maximum Gasteiger partial charge on any atom is 0.233 e. The van der Waals surface area contributed by atoms with Gasteiger partial charge >= 0.3 is 0 Å². The highest BCUT2D eigenvalue weighted by molar-refractivity contribution is 14.0. The number of nitrogens with one attached hydrogen (secondary N) is 3. The van der Waals surface area contributed by atoms with Crippen LogP contribution < -0.4 is 16.0 Å². The van der Waals surface area contributed by atoms with E-state index in [0.717, 1.165) is 55.7 Å². The fourth-order valence-electron chi connectivity index (χ4n) is 3.10. The van der Waals surface area contributed by atoms with Gasteiger partial charge in [0.25, 0.3) is 0 Å². The summed E-state index contributed by atoms with van der Waals surface area (Å²) < 4.78 is 1.13. The monoisotopic (exact) mass is 551 g/mol. The van der Waals surface area contributed by atoms with E-state index in [-0.39, 0.29) is 29.9 Å². The van der Waals surface area contributed by atoms with Crippen LogP contribution in [-0.2, 0) is 11.2 Å². The lowest BCUT2D eigenvalue weighted by Crippen LogP contribution is -2.50. The Kier molecular flexibility index (Phi) is 11.9. The highest BCUT2D eigenvalue weighted by Gasteiger charge is 2.21. The van der Waals surface area contributed by atoms with Crippen molar-refractivity contribution in [1.82, 2.24) is 20.9 Å². The molecule has 3 N–H and O–H groups in total. The van der Waals surface area contributed by atoms with Gasteiger partial charge in [0.05, 0.1) is 6.54 Å². The molecule has 0 radical (unpaired) electrons. The van der Waals surface area contributed by atoms with Crippen LogP contribution in [-0.4, -0.2) is 63.1 Å². The molecule has 0 spiro atoms. The molecule has 1 saturated heterocycles. The lowest BCUT2D eigenvalue weighted by atomic mass is 10.1. The molecule has 1 amide bonds. The average molecular weight is 552 g/mol. The quantitative estimate of drug-likeness (QED) is 0.211. The zero-order valence-electron chi connectivity index (χ0n) is 16.1. The van der Waals surface area contributed by atoms with Crippen molar-refractivity contribution in [2.75, 3.05) is 40.3 Å². The summed E-state index contributed by atoms with van der Waals surface area (Å²) in [4.78, 5) is 18.0. The van der Waals surface area contributed by atoms with Crippen LogP contribution in [0.15, 0.2) is 33.7 Å². The Labute approximate surface area is 188 Å². The Bertz CT molecular complexity index is 606. The van der Waals surface area contributed by atoms with Gasteiger partial charge in [-0.15, -0.1) is 24.0 Å². The maximum absolute atomic E-state index is 11.5. The number of guanidine groups is 1. The van der Waals surface area contributed by atoms with Gasteiger partial charge in [-0.2, -0.15) is 0 Å². The van der Waals surface area contributed by atoms with E-state index in [9.17, 15) is 4.79 Å². The second-order valence-corrected chi connectivity index (χ2v) is 7.52. The van der Waals surface area contributed by atoms with Gasteiger partial charge in [0.15, 0.2) is 5.96 Å². The number of likely N-dealkylation sites (tertiary alicyclic amines) is 1. The molecule has 1 aromatic carbocycles. The number of hydrogen-bond donors (Lipinski definition) is 3. The first-order valence-corrected chi connectivity index (χ1v) is 10.0. The molecule has 1 aromatic rings. The second-order valence-electron chi connectivity index (χ2n) is 6.60. The molecule has 0 bridgehead atoms. The van der Waals surface area contributed by atoms with Crippen LogP contribution >= 0.6 is 39.9 Å². The molecule has 1 aliphatic heterocycles. The number of aryl methyl sites for hydroxylation is 1. The Morgan fingerprint density at radius 3 is 2.70 bits per heavy atom. The minimum absolute atomic E-state index is 0. The molecule has 1 fully saturated rings. The summed E-state index contributed by atoms with van der Waals surface area (Å²) in [6.07, 6.45) is 4.15. The third-order valence-electron chi connectivity index (χ3n) is 4.62. The topological polar surface area (TPSA) is 68.8 Å². The number of halogens is 2. The number of aliphatic imine (C=N–C) groups is 1. The van der Waals surface area contributed by atoms with Gasteiger partial charge in [-0.25, -0.2) is 0 Å². The number of piperidine rings is 1. The van der Waals surface area contributed by atoms with E-state index < -0.39 is 0 Å². The predicted molar refractivity (Wildman–Crippen MR) is 126 cm³/mol. The molecule has 6 nitrogen and oxygen atoms in total. The lowest BCUT2D eigenvalue weighted by Gasteiger charge is -2.32. The largest absolute Gasteiger partial charge is 0.358 e. The van der Waals surface area contributed by atoms with Crippen molar-refractivity contribution < 1.29 is 4.79 Å². The predicted octanol–water partition coefficient (Wildman–Crippen LogP) is 2.38. The van der Waals surface area contributed by atoms with E-state index >= 15 is 0 Å². The van der Waals surface area contributed by atoms with Crippen LogP contribution in [0.2, 0.25) is 0 Å². The molecule has 1 heterocycles. The van der Waals surface area contributed by atoms with E-state index in [2.05, 4.69) is 60.0 Å². The van der Waals surface area contributed by atoms with Gasteiger partial charge in [0, 0.05) is 44.2 Å². The average Bonchev–Trinajstić information content (AvgIpc) is 2.65. The number of benzene rings is 1. The molecule has 0 atom stereocenters. The van der Waals surface area contributed by atoms with Crippen molar-refractivity contribution >= 4 is 51.8 Å². The molecule has 0 aromatic heterocycles. The first-order chi connectivity index (χ1) is 12.6. The van der Waals surface area contributed by atoms with E-state index in [1.807, 2.05) is 13.1 Å². The van der Waals surface area contributed by atoms with Crippen molar-refractivity contribution in [3.63, 3.8) is 0 Å². The van der Waals surface area contributed by atoms with Crippen molar-refractivity contribution in [2.24, 2.45) is 4.99 Å². The smallest absolute Gasteiger partial charge is 0.233 e. The van der Waals surface area contributed by atoms with Crippen LogP contribution in [0.5, 0.6) is 0 Å². The minimum Gasteiger partial charge on any atom is -0.358 e. The fraction of sp³-hybridized carbons (Fsp3) is 0.579. The fourth-order valence-corrected chi connectivity index (χ4v) is 3.54. The minimum atomic E-state index is 0. The van der Waals surface area contributed by atoms with Crippen LogP contribution in [0.1, 0.15) is 24.8 Å². The van der Waals surface area contributed by atoms with Crippen molar-refractivity contribution in [2.45, 2.75) is 31.7 Å². The molecular formula is C19H31BrIN5O. The second kappa shape index (κ2) is 13.3. The summed E-state index contributed by atoms with van der Waals surface area (Å²) >= 11 is 3.51. The number of rotatable bonds is 7. The van der Waals surface area contributed by atoms with Crippen molar-refractivity contribution in [1.29, 1.82) is 0 Å². The summed E-state index contributed by atoms with van der Waals surface area (Å²) in [6, 6.07) is 8.86. The molecule has 0 unspecified atom stereocenters. The van der Waals surface area contributed by atoms with Crippen LogP contribution in [0, 0.1) is 0 Å². The van der Waals surface area contributed by atoms with Gasteiger partial charge in [-0.1, -0.05) is 28.1 Å². The van der Waals surface area contributed by atoms with Gasteiger partial charge in [0.1, 0.15) is 0 Å². The van der Waals surface area contributed by atoms with Crippen LogP contribution in [0.25, 0.3) is 0 Å². The molecular weight excluding hydrogens is 521 g/mol. The zero-order chi connectivity index (χ0) is 18.8. The number of carbonyl (C=O) groups is 1. The Balaban J connectivity index is 0.00000364. The molecule has 0 aliphatic carbocycles. The van der Waals surface area contributed by atoms with E-state index in [0.29, 0.717) is 12.6 Å². The van der Waals surface area contributed by atoms with Crippen molar-refractivity contribution in [3.05, 3.63) is 34.3 Å². The summed E-state index contributed by atoms with van der Waals surface area (Å²) in [7, 11) is 3.49. The summed E-state index contributed by atoms with van der Waals surface area (Å²) in [6.45, 7) is 3.25. The van der Waals surface area contributed by atoms with E-state index in [1.165, 1.54) is 5.56 Å². The molecule has 27 heavy (non-hydrogen) atoms. The molecule has 152 valence electrons. The number of carbonyl (C=O) groups excluding carboxylic acids is 1. The summed E-state index contributed by atoms with van der Waals surface area (Å²) in [5.74, 6) is 0.948.